The molecule has 3 aromatic rings. The van der Waals surface area contributed by atoms with Crippen LogP contribution in [-0.4, -0.2) is 58.3 Å². The van der Waals surface area contributed by atoms with Gasteiger partial charge in [0.25, 0.3) is 0 Å². The van der Waals surface area contributed by atoms with Gasteiger partial charge in [0.15, 0.2) is 11.0 Å². The molecule has 0 bridgehead atoms. The van der Waals surface area contributed by atoms with E-state index in [-0.39, 0.29) is 11.0 Å². The summed E-state index contributed by atoms with van der Waals surface area (Å²) in [6, 6.07) is 7.40. The van der Waals surface area contributed by atoms with E-state index >= 15 is 0 Å². The van der Waals surface area contributed by atoms with Crippen LogP contribution in [0.1, 0.15) is 25.7 Å². The van der Waals surface area contributed by atoms with Crippen molar-refractivity contribution in [3.05, 3.63) is 35.8 Å². The summed E-state index contributed by atoms with van der Waals surface area (Å²) < 4.78 is 34.9. The van der Waals surface area contributed by atoms with E-state index in [1.54, 1.807) is 23.5 Å². The summed E-state index contributed by atoms with van der Waals surface area (Å²) in [7, 11) is -3.46. The molecule has 0 spiro atoms. The molecule has 8 nitrogen and oxygen atoms in total. The Balaban J connectivity index is 1.39. The highest BCUT2D eigenvalue weighted by molar-refractivity contribution is 7.99. The van der Waals surface area contributed by atoms with E-state index in [0.717, 1.165) is 48.1 Å². The van der Waals surface area contributed by atoms with Gasteiger partial charge in [-0.3, -0.25) is 4.57 Å². The van der Waals surface area contributed by atoms with Gasteiger partial charge in [0, 0.05) is 25.9 Å². The predicted molar refractivity (Wildman–Crippen MR) is 119 cm³/mol. The SMILES string of the molecule is O=S(=O)(c1ccc(Sc2nnc(-c3cccs3)n2C[C@@H]2CCCO2)nc1)N1CCCC1. The average molecular weight is 478 g/mol. The van der Waals surface area contributed by atoms with Crippen molar-refractivity contribution < 1.29 is 13.2 Å². The Bertz CT molecular complexity index is 1120. The standard InChI is InChI=1S/C20H23N5O3S3/c26-31(27,24-9-1-2-10-24)16-7-8-18(21-13-16)30-20-23-22-19(17-6-4-12-29-17)25(20)14-15-5-3-11-28-15/h4,6-8,12-13,15H,1-3,5,9-11,14H2/t15-/m0/s1. The van der Waals surface area contributed by atoms with Crippen molar-refractivity contribution in [3.8, 4) is 10.7 Å². The highest BCUT2D eigenvalue weighted by atomic mass is 32.2. The molecule has 0 unspecified atom stereocenters. The number of nitrogens with zero attached hydrogens (tertiary/aromatic N) is 5. The van der Waals surface area contributed by atoms with Gasteiger partial charge >= 0.3 is 0 Å². The predicted octanol–water partition coefficient (Wildman–Crippen LogP) is 3.52. The summed E-state index contributed by atoms with van der Waals surface area (Å²) in [5.74, 6) is 0.821. The molecule has 0 amide bonds. The summed E-state index contributed by atoms with van der Waals surface area (Å²) in [4.78, 5) is 5.69. The van der Waals surface area contributed by atoms with Crippen molar-refractivity contribution in [1.82, 2.24) is 24.1 Å². The van der Waals surface area contributed by atoms with Crippen LogP contribution in [0.25, 0.3) is 10.7 Å². The van der Waals surface area contributed by atoms with Gasteiger partial charge in [-0.1, -0.05) is 6.07 Å². The number of hydrogen-bond acceptors (Lipinski definition) is 8. The molecule has 2 aliphatic heterocycles. The minimum Gasteiger partial charge on any atom is -0.376 e. The van der Waals surface area contributed by atoms with Gasteiger partial charge in [-0.2, -0.15) is 4.31 Å². The number of rotatable bonds is 7. The monoisotopic (exact) mass is 477 g/mol. The molecule has 5 rings (SSSR count). The maximum atomic E-state index is 12.7. The van der Waals surface area contributed by atoms with E-state index in [1.165, 1.54) is 22.3 Å². The van der Waals surface area contributed by atoms with Crippen LogP contribution in [0, 0.1) is 0 Å². The molecule has 0 aliphatic carbocycles. The van der Waals surface area contributed by atoms with Crippen LogP contribution in [0.15, 0.2) is 50.9 Å². The first-order valence-electron chi connectivity index (χ1n) is 10.3. The minimum absolute atomic E-state index is 0.148. The van der Waals surface area contributed by atoms with Gasteiger partial charge in [-0.05, 0) is 61.0 Å². The largest absolute Gasteiger partial charge is 0.376 e. The fourth-order valence-corrected chi connectivity index (χ4v) is 6.82. The molecule has 2 fully saturated rings. The van der Waals surface area contributed by atoms with Crippen LogP contribution in [0.4, 0.5) is 0 Å². The fourth-order valence-electron chi connectivity index (χ4n) is 3.86. The summed E-state index contributed by atoms with van der Waals surface area (Å²) in [6.45, 7) is 2.63. The first-order valence-corrected chi connectivity index (χ1v) is 13.5. The van der Waals surface area contributed by atoms with Crippen molar-refractivity contribution in [1.29, 1.82) is 0 Å². The fraction of sp³-hybridized carbons (Fsp3) is 0.450. The van der Waals surface area contributed by atoms with E-state index in [0.29, 0.717) is 24.7 Å². The van der Waals surface area contributed by atoms with Crippen LogP contribution in [0.2, 0.25) is 0 Å². The Morgan fingerprint density at radius 1 is 1.16 bits per heavy atom. The third-order valence-corrected chi connectivity index (χ3v) is 9.16. The molecule has 11 heteroatoms. The molecular formula is C20H23N5O3S3. The van der Waals surface area contributed by atoms with Crippen molar-refractivity contribution in [2.45, 2.75) is 53.4 Å². The topological polar surface area (TPSA) is 90.2 Å². The number of thiophene rings is 1. The number of pyridine rings is 1. The van der Waals surface area contributed by atoms with Crippen LogP contribution in [-0.2, 0) is 21.3 Å². The molecule has 1 atom stereocenters. The van der Waals surface area contributed by atoms with Crippen LogP contribution in [0.5, 0.6) is 0 Å². The van der Waals surface area contributed by atoms with Crippen molar-refractivity contribution >= 4 is 33.1 Å². The summed E-state index contributed by atoms with van der Waals surface area (Å²) >= 11 is 3.01. The van der Waals surface area contributed by atoms with E-state index in [1.807, 2.05) is 17.5 Å². The van der Waals surface area contributed by atoms with Crippen LogP contribution < -0.4 is 0 Å². The molecule has 2 saturated heterocycles. The number of ether oxygens (including phenoxy) is 1. The molecule has 31 heavy (non-hydrogen) atoms. The second-order valence-corrected chi connectivity index (χ2v) is 11.4. The molecular weight excluding hydrogens is 454 g/mol. The third kappa shape index (κ3) is 4.42. The first-order chi connectivity index (χ1) is 15.1. The van der Waals surface area contributed by atoms with E-state index in [4.69, 9.17) is 4.74 Å². The zero-order chi connectivity index (χ0) is 21.3. The van der Waals surface area contributed by atoms with Crippen molar-refractivity contribution in [3.63, 3.8) is 0 Å². The lowest BCUT2D eigenvalue weighted by molar-refractivity contribution is 0.0953. The van der Waals surface area contributed by atoms with Gasteiger partial charge in [0.05, 0.1) is 17.5 Å². The van der Waals surface area contributed by atoms with Gasteiger partial charge in [0.1, 0.15) is 9.92 Å². The van der Waals surface area contributed by atoms with E-state index in [9.17, 15) is 8.42 Å². The maximum absolute atomic E-state index is 12.7. The quantitative estimate of drug-likeness (QED) is 0.514. The van der Waals surface area contributed by atoms with Gasteiger partial charge in [-0.25, -0.2) is 13.4 Å². The molecule has 2 aliphatic rings. The zero-order valence-electron chi connectivity index (χ0n) is 16.9. The van der Waals surface area contributed by atoms with Crippen molar-refractivity contribution in [2.24, 2.45) is 0 Å². The van der Waals surface area contributed by atoms with Crippen LogP contribution >= 0.6 is 23.1 Å². The summed E-state index contributed by atoms with van der Waals surface area (Å²) in [6.07, 6.45) is 5.50. The van der Waals surface area contributed by atoms with E-state index in [2.05, 4.69) is 19.7 Å². The summed E-state index contributed by atoms with van der Waals surface area (Å²) in [5, 5.41) is 12.3. The second kappa shape index (κ2) is 8.99. The molecule has 0 N–H and O–H groups in total. The highest BCUT2D eigenvalue weighted by Crippen LogP contribution is 2.32. The molecule has 0 aromatic carbocycles. The lowest BCUT2D eigenvalue weighted by Crippen LogP contribution is -2.27. The van der Waals surface area contributed by atoms with Gasteiger partial charge in [-0.15, -0.1) is 21.5 Å². The first kappa shape index (κ1) is 21.1. The maximum Gasteiger partial charge on any atom is 0.244 e. The Hall–Kier alpha value is -1.79. The Labute approximate surface area is 189 Å². The molecule has 164 valence electrons. The smallest absolute Gasteiger partial charge is 0.244 e. The van der Waals surface area contributed by atoms with E-state index < -0.39 is 10.0 Å². The number of hydrogen-bond donors (Lipinski definition) is 0. The number of sulfonamides is 1. The third-order valence-electron chi connectivity index (χ3n) is 5.48. The van der Waals surface area contributed by atoms with Gasteiger partial charge < -0.3 is 4.74 Å². The summed E-state index contributed by atoms with van der Waals surface area (Å²) in [5.41, 5.74) is 0. The highest BCUT2D eigenvalue weighted by Gasteiger charge is 2.28. The average Bonchev–Trinajstić information content (AvgIpc) is 3.57. The molecule has 5 heterocycles. The minimum atomic E-state index is -3.46. The van der Waals surface area contributed by atoms with Crippen molar-refractivity contribution in [2.75, 3.05) is 19.7 Å². The Morgan fingerprint density at radius 2 is 2.03 bits per heavy atom. The van der Waals surface area contributed by atoms with Gasteiger partial charge in [0.2, 0.25) is 10.0 Å². The lowest BCUT2D eigenvalue weighted by atomic mass is 10.2. The normalized spacial score (nSPS) is 19.9. The lowest BCUT2D eigenvalue weighted by Gasteiger charge is -2.15. The second-order valence-electron chi connectivity index (χ2n) is 7.57. The number of aromatic nitrogens is 4. The molecule has 0 radical (unpaired) electrons. The Morgan fingerprint density at radius 3 is 2.71 bits per heavy atom. The van der Waals surface area contributed by atoms with Crippen LogP contribution in [0.3, 0.4) is 0 Å². The molecule has 3 aromatic heterocycles. The Kier molecular flexibility index (Phi) is 6.11. The molecule has 0 saturated carbocycles. The zero-order valence-corrected chi connectivity index (χ0v) is 19.3.